The van der Waals surface area contributed by atoms with Gasteiger partial charge in [-0.25, -0.2) is 4.99 Å². The number of aldehydes is 1. The summed E-state index contributed by atoms with van der Waals surface area (Å²) in [5, 5.41) is 3.79. The van der Waals surface area contributed by atoms with Crippen LogP contribution in [0.3, 0.4) is 0 Å². The van der Waals surface area contributed by atoms with Crippen molar-refractivity contribution in [3.05, 3.63) is 64.2 Å². The van der Waals surface area contributed by atoms with Crippen LogP contribution >= 0.6 is 11.8 Å². The molecule has 2 saturated carbocycles. The lowest BCUT2D eigenvalue weighted by Crippen LogP contribution is -2.42. The Hall–Kier alpha value is -2.73. The smallest absolute Gasteiger partial charge is 0.168 e. The highest BCUT2D eigenvalue weighted by molar-refractivity contribution is 8.13. The lowest BCUT2D eigenvalue weighted by atomic mass is 9.54. The monoisotopic (exact) mass is 475 g/mol. The molecule has 0 aliphatic heterocycles. The van der Waals surface area contributed by atoms with E-state index in [2.05, 4.69) is 36.1 Å². The molecule has 0 amide bonds. The SMILES string of the molecule is CSC(N)=N/C(C=O)=C\c1cccc(-c2ccc(N=O)c(C34CC(C)CC(CC(C)C3)C4)c2)c1. The van der Waals surface area contributed by atoms with E-state index in [4.69, 9.17) is 5.73 Å². The summed E-state index contributed by atoms with van der Waals surface area (Å²) in [4.78, 5) is 27.5. The van der Waals surface area contributed by atoms with Crippen molar-refractivity contribution in [2.75, 3.05) is 6.26 Å². The van der Waals surface area contributed by atoms with Gasteiger partial charge in [0.1, 0.15) is 11.4 Å². The van der Waals surface area contributed by atoms with Crippen molar-refractivity contribution < 1.29 is 4.79 Å². The van der Waals surface area contributed by atoms with Crippen molar-refractivity contribution in [1.29, 1.82) is 0 Å². The van der Waals surface area contributed by atoms with Crippen LogP contribution in [0.4, 0.5) is 5.69 Å². The molecule has 0 saturated heterocycles. The van der Waals surface area contributed by atoms with Gasteiger partial charge in [-0.1, -0.05) is 49.9 Å². The first kappa shape index (κ1) is 24.4. The molecule has 2 unspecified atom stereocenters. The highest BCUT2D eigenvalue weighted by Gasteiger charge is 2.46. The molecule has 0 heterocycles. The third-order valence-corrected chi connectivity index (χ3v) is 7.91. The Morgan fingerprint density at radius 2 is 1.76 bits per heavy atom. The molecule has 2 N–H and O–H groups in total. The van der Waals surface area contributed by atoms with Crippen LogP contribution in [-0.2, 0) is 10.2 Å². The number of benzene rings is 2. The largest absolute Gasteiger partial charge is 0.378 e. The molecule has 2 aromatic carbocycles. The number of hydrogen-bond donors (Lipinski definition) is 1. The van der Waals surface area contributed by atoms with Crippen LogP contribution in [0.1, 0.15) is 57.1 Å². The molecule has 2 atom stereocenters. The minimum atomic E-state index is 0.0194. The quantitative estimate of drug-likeness (QED) is 0.159. The van der Waals surface area contributed by atoms with Gasteiger partial charge in [0.25, 0.3) is 0 Å². The molecule has 2 bridgehead atoms. The van der Waals surface area contributed by atoms with E-state index in [9.17, 15) is 9.70 Å². The van der Waals surface area contributed by atoms with Crippen molar-refractivity contribution in [3.8, 4) is 11.1 Å². The predicted octanol–water partition coefficient (Wildman–Crippen LogP) is 7.07. The van der Waals surface area contributed by atoms with Crippen molar-refractivity contribution in [1.82, 2.24) is 0 Å². The molecule has 2 aliphatic rings. The highest BCUT2D eigenvalue weighted by Crippen LogP contribution is 2.56. The number of thioether (sulfide) groups is 1. The second kappa shape index (κ2) is 10.3. The van der Waals surface area contributed by atoms with Gasteiger partial charge in [-0.05, 0) is 113 Å². The summed E-state index contributed by atoms with van der Waals surface area (Å²) in [6.07, 6.45) is 10.2. The number of nitroso groups, excluding NO2 is 1. The van der Waals surface area contributed by atoms with E-state index >= 15 is 0 Å². The van der Waals surface area contributed by atoms with Crippen LogP contribution in [0.15, 0.2) is 58.3 Å². The van der Waals surface area contributed by atoms with Crippen molar-refractivity contribution in [2.24, 2.45) is 33.7 Å². The van der Waals surface area contributed by atoms with Crippen LogP contribution in [0.25, 0.3) is 17.2 Å². The Kier molecular flexibility index (Phi) is 7.36. The molecule has 0 spiro atoms. The number of amidine groups is 1. The number of carbonyl (C=O) groups is 1. The summed E-state index contributed by atoms with van der Waals surface area (Å²) in [7, 11) is 0. The van der Waals surface area contributed by atoms with Gasteiger partial charge in [-0.2, -0.15) is 0 Å². The topological polar surface area (TPSA) is 84.9 Å². The maximum absolute atomic E-state index is 11.8. The van der Waals surface area contributed by atoms with E-state index in [1.807, 2.05) is 36.6 Å². The molecule has 6 heteroatoms. The zero-order valence-corrected chi connectivity index (χ0v) is 21.0. The number of fused-ring (bicyclic) bond motifs is 2. The number of carbonyl (C=O) groups excluding carboxylic acids is 1. The summed E-state index contributed by atoms with van der Waals surface area (Å²) in [6.45, 7) is 4.70. The van der Waals surface area contributed by atoms with Gasteiger partial charge in [-0.15, -0.1) is 4.91 Å². The molecule has 2 aromatic rings. The fraction of sp³-hybridized carbons (Fsp3) is 0.429. The second-order valence-corrected chi connectivity index (χ2v) is 11.1. The van der Waals surface area contributed by atoms with E-state index < -0.39 is 0 Å². The molecular formula is C28H33N3O2S. The fourth-order valence-electron chi connectivity index (χ4n) is 6.50. The third-order valence-electron chi connectivity index (χ3n) is 7.40. The molecule has 178 valence electrons. The molecule has 5 nitrogen and oxygen atoms in total. The fourth-order valence-corrected chi connectivity index (χ4v) is 6.70. The number of nitrogens with two attached hydrogens (primary N) is 1. The molecule has 4 rings (SSSR count). The Labute approximate surface area is 206 Å². The van der Waals surface area contributed by atoms with Gasteiger partial charge in [0.15, 0.2) is 11.5 Å². The lowest BCUT2D eigenvalue weighted by molar-refractivity contribution is -0.104. The van der Waals surface area contributed by atoms with Gasteiger partial charge in [0.2, 0.25) is 0 Å². The summed E-state index contributed by atoms with van der Waals surface area (Å²) in [5.74, 6) is 2.03. The van der Waals surface area contributed by atoms with E-state index in [-0.39, 0.29) is 11.1 Å². The van der Waals surface area contributed by atoms with E-state index in [1.165, 1.54) is 24.6 Å². The van der Waals surface area contributed by atoms with E-state index in [0.29, 0.717) is 29.0 Å². The van der Waals surface area contributed by atoms with Crippen LogP contribution in [0, 0.1) is 22.7 Å². The lowest BCUT2D eigenvalue weighted by Gasteiger charge is -2.50. The summed E-state index contributed by atoms with van der Waals surface area (Å²) in [5.41, 5.74) is 10.7. The summed E-state index contributed by atoms with van der Waals surface area (Å²) in [6, 6.07) is 14.0. The van der Waals surface area contributed by atoms with Crippen LogP contribution in [0.2, 0.25) is 0 Å². The number of aliphatic imine (C=N–C) groups is 1. The van der Waals surface area contributed by atoms with Gasteiger partial charge in [-0.3, -0.25) is 4.79 Å². The molecule has 0 aromatic heterocycles. The Morgan fingerprint density at radius 1 is 1.06 bits per heavy atom. The average molecular weight is 476 g/mol. The first-order chi connectivity index (χ1) is 16.4. The molecule has 2 fully saturated rings. The van der Waals surface area contributed by atoms with E-state index in [0.717, 1.165) is 47.4 Å². The highest BCUT2D eigenvalue weighted by atomic mass is 32.2. The number of nitrogens with zero attached hydrogens (tertiary/aromatic N) is 2. The zero-order chi connectivity index (χ0) is 24.3. The van der Waals surface area contributed by atoms with E-state index in [1.54, 1.807) is 6.08 Å². The number of allylic oxidation sites excluding steroid dienone is 1. The number of hydrogen-bond acceptors (Lipinski definition) is 5. The average Bonchev–Trinajstić information content (AvgIpc) is 2.82. The van der Waals surface area contributed by atoms with Crippen LogP contribution in [0.5, 0.6) is 0 Å². The minimum absolute atomic E-state index is 0.0194. The normalized spacial score (nSPS) is 27.3. The van der Waals surface area contributed by atoms with Gasteiger partial charge in [0, 0.05) is 0 Å². The zero-order valence-electron chi connectivity index (χ0n) is 20.2. The molecule has 2 aliphatic carbocycles. The molecular weight excluding hydrogens is 442 g/mol. The Bertz CT molecular complexity index is 1120. The van der Waals surface area contributed by atoms with Crippen molar-refractivity contribution in [2.45, 2.75) is 51.4 Å². The summed E-state index contributed by atoms with van der Waals surface area (Å²) >= 11 is 1.30. The van der Waals surface area contributed by atoms with Gasteiger partial charge >= 0.3 is 0 Å². The predicted molar refractivity (Wildman–Crippen MR) is 143 cm³/mol. The number of rotatable bonds is 6. The van der Waals surface area contributed by atoms with Crippen LogP contribution in [-0.4, -0.2) is 17.7 Å². The maximum Gasteiger partial charge on any atom is 0.168 e. The minimum Gasteiger partial charge on any atom is -0.378 e. The standard InChI is InChI=1S/C28H33N3O2S/c1-18-9-21-10-19(2)15-28(14-18,16-21)25-13-23(7-8-26(25)31-33)22-6-4-5-20(11-22)12-24(17-32)30-27(29)34-3/h4-8,11-13,17-19,21H,9-10,14-16H2,1-3H3,(H2,29,30)/b24-12-. The Morgan fingerprint density at radius 3 is 2.41 bits per heavy atom. The maximum atomic E-state index is 11.8. The first-order valence-corrected chi connectivity index (χ1v) is 13.2. The van der Waals surface area contributed by atoms with Gasteiger partial charge < -0.3 is 5.73 Å². The van der Waals surface area contributed by atoms with Gasteiger partial charge in [0.05, 0.1) is 0 Å². The van der Waals surface area contributed by atoms with Crippen LogP contribution < -0.4 is 5.73 Å². The molecule has 0 radical (unpaired) electrons. The second-order valence-electron chi connectivity index (χ2n) is 10.2. The third kappa shape index (κ3) is 5.17. The first-order valence-electron chi connectivity index (χ1n) is 12.0. The van der Waals surface area contributed by atoms with Crippen molar-refractivity contribution in [3.63, 3.8) is 0 Å². The molecule has 34 heavy (non-hydrogen) atoms. The Balaban J connectivity index is 1.75. The van der Waals surface area contributed by atoms with Crippen molar-refractivity contribution >= 4 is 35.0 Å². The summed E-state index contributed by atoms with van der Waals surface area (Å²) < 4.78 is 0.